The molecule has 0 saturated carbocycles. The molecule has 0 aliphatic heterocycles. The van der Waals surface area contributed by atoms with Gasteiger partial charge in [0.1, 0.15) is 12.4 Å². The number of benzene rings is 2. The van der Waals surface area contributed by atoms with Crippen molar-refractivity contribution in [1.82, 2.24) is 4.72 Å². The topological polar surface area (TPSA) is 81.7 Å². The Morgan fingerprint density at radius 3 is 2.54 bits per heavy atom. The average Bonchev–Trinajstić information content (AvgIpc) is 2.71. The van der Waals surface area contributed by atoms with Gasteiger partial charge >= 0.3 is 5.97 Å². The Morgan fingerprint density at radius 1 is 1.14 bits per heavy atom. The molecule has 0 fully saturated rings. The molecule has 0 aliphatic carbocycles. The van der Waals surface area contributed by atoms with Gasteiger partial charge in [0.05, 0.1) is 24.1 Å². The van der Waals surface area contributed by atoms with Crippen molar-refractivity contribution in [2.24, 2.45) is 0 Å². The van der Waals surface area contributed by atoms with Gasteiger partial charge in [-0.05, 0) is 42.3 Å². The molecule has 2 aromatic rings. The fourth-order valence-electron chi connectivity index (χ4n) is 2.30. The highest BCUT2D eigenvalue weighted by atomic mass is 32.2. The van der Waals surface area contributed by atoms with E-state index in [1.54, 1.807) is 6.08 Å². The van der Waals surface area contributed by atoms with Crippen LogP contribution in [0, 0.1) is 11.8 Å². The summed E-state index contributed by atoms with van der Waals surface area (Å²) >= 11 is 0. The minimum atomic E-state index is -3.72. The van der Waals surface area contributed by atoms with Crippen LogP contribution < -0.4 is 9.46 Å². The summed E-state index contributed by atoms with van der Waals surface area (Å²) in [5.74, 6) is 5.68. The first kappa shape index (κ1) is 21.2. The molecule has 0 spiro atoms. The fraction of sp³-hybridized carbons (Fsp3) is 0.190. The SMILES string of the molecule is C=CCc1ccccc1OCC#CCNS(=O)(=O)c1ccc(C(=O)OC)cc1. The lowest BCUT2D eigenvalue weighted by atomic mass is 10.1. The second kappa shape index (κ2) is 10.3. The summed E-state index contributed by atoms with van der Waals surface area (Å²) in [7, 11) is -2.46. The van der Waals surface area contributed by atoms with E-state index in [1.165, 1.54) is 31.4 Å². The van der Waals surface area contributed by atoms with E-state index in [4.69, 9.17) is 4.74 Å². The number of nitrogens with one attached hydrogen (secondary N) is 1. The Bertz CT molecular complexity index is 985. The predicted octanol–water partition coefficient (Wildman–Crippen LogP) is 2.56. The molecule has 2 rings (SSSR count). The molecule has 6 nitrogen and oxygen atoms in total. The van der Waals surface area contributed by atoms with Crippen molar-refractivity contribution in [3.05, 3.63) is 72.3 Å². The third-order valence-electron chi connectivity index (χ3n) is 3.70. The number of carbonyl (C=O) groups is 1. The largest absolute Gasteiger partial charge is 0.481 e. The minimum absolute atomic E-state index is 0.0385. The summed E-state index contributed by atoms with van der Waals surface area (Å²) in [6, 6.07) is 13.0. The molecule has 0 amide bonds. The van der Waals surface area contributed by atoms with E-state index in [2.05, 4.69) is 27.9 Å². The molecule has 0 unspecified atom stereocenters. The molecular formula is C21H21NO5S. The number of hydrogen-bond acceptors (Lipinski definition) is 5. The number of sulfonamides is 1. The van der Waals surface area contributed by atoms with Gasteiger partial charge in [-0.2, -0.15) is 4.72 Å². The van der Waals surface area contributed by atoms with Gasteiger partial charge in [0, 0.05) is 0 Å². The van der Waals surface area contributed by atoms with E-state index >= 15 is 0 Å². The van der Waals surface area contributed by atoms with E-state index in [-0.39, 0.29) is 23.6 Å². The molecule has 0 heterocycles. The number of ether oxygens (including phenoxy) is 2. The third-order valence-corrected chi connectivity index (χ3v) is 5.12. The Labute approximate surface area is 165 Å². The van der Waals surface area contributed by atoms with Crippen LogP contribution in [0.1, 0.15) is 15.9 Å². The number of hydrogen-bond donors (Lipinski definition) is 1. The lowest BCUT2D eigenvalue weighted by Crippen LogP contribution is -2.24. The first-order valence-corrected chi connectivity index (χ1v) is 9.91. The van der Waals surface area contributed by atoms with Crippen molar-refractivity contribution < 1.29 is 22.7 Å². The maximum absolute atomic E-state index is 12.2. The molecule has 0 atom stereocenters. The van der Waals surface area contributed by atoms with Crippen LogP contribution in [-0.2, 0) is 21.2 Å². The van der Waals surface area contributed by atoms with Crippen molar-refractivity contribution in [3.8, 4) is 17.6 Å². The Hall–Kier alpha value is -3.08. The Balaban J connectivity index is 1.88. The lowest BCUT2D eigenvalue weighted by molar-refractivity contribution is 0.0600. The molecule has 0 radical (unpaired) electrons. The lowest BCUT2D eigenvalue weighted by Gasteiger charge is -2.07. The molecule has 0 bridgehead atoms. The van der Waals surface area contributed by atoms with Crippen molar-refractivity contribution in [3.63, 3.8) is 0 Å². The summed E-state index contributed by atoms with van der Waals surface area (Å²) in [5, 5.41) is 0. The van der Waals surface area contributed by atoms with Crippen LogP contribution in [0.4, 0.5) is 0 Å². The maximum Gasteiger partial charge on any atom is 0.337 e. The van der Waals surface area contributed by atoms with E-state index in [9.17, 15) is 13.2 Å². The first-order chi connectivity index (χ1) is 13.5. The van der Waals surface area contributed by atoms with Crippen LogP contribution in [0.25, 0.3) is 0 Å². The number of methoxy groups -OCH3 is 1. The second-order valence-electron chi connectivity index (χ2n) is 5.58. The van der Waals surface area contributed by atoms with Gasteiger partial charge in [-0.25, -0.2) is 13.2 Å². The molecule has 7 heteroatoms. The highest BCUT2D eigenvalue weighted by Gasteiger charge is 2.14. The standard InChI is InChI=1S/C21H21NO5S/c1-3-8-17-9-4-5-10-20(17)27-16-7-6-15-22-28(24,25)19-13-11-18(12-14-19)21(23)26-2/h3-5,9-14,22H,1,8,15-16H2,2H3. The van der Waals surface area contributed by atoms with Gasteiger partial charge in [-0.1, -0.05) is 36.1 Å². The molecule has 28 heavy (non-hydrogen) atoms. The van der Waals surface area contributed by atoms with Gasteiger partial charge in [0.2, 0.25) is 10.0 Å². The summed E-state index contributed by atoms with van der Waals surface area (Å²) in [6.07, 6.45) is 2.48. The average molecular weight is 399 g/mol. The van der Waals surface area contributed by atoms with Gasteiger partial charge in [0.25, 0.3) is 0 Å². The van der Waals surface area contributed by atoms with E-state index in [0.29, 0.717) is 6.42 Å². The van der Waals surface area contributed by atoms with Crippen molar-refractivity contribution in [2.75, 3.05) is 20.3 Å². The van der Waals surface area contributed by atoms with Crippen LogP contribution in [0.3, 0.4) is 0 Å². The molecule has 0 aliphatic rings. The van der Waals surface area contributed by atoms with E-state index in [0.717, 1.165) is 11.3 Å². The van der Waals surface area contributed by atoms with Gasteiger partial charge < -0.3 is 9.47 Å². The molecule has 1 N–H and O–H groups in total. The van der Waals surface area contributed by atoms with Crippen LogP contribution in [0.2, 0.25) is 0 Å². The van der Waals surface area contributed by atoms with Crippen LogP contribution >= 0.6 is 0 Å². The Kier molecular flexibility index (Phi) is 7.81. The van der Waals surface area contributed by atoms with Crippen LogP contribution in [-0.4, -0.2) is 34.6 Å². The fourth-order valence-corrected chi connectivity index (χ4v) is 3.22. The zero-order valence-electron chi connectivity index (χ0n) is 15.5. The quantitative estimate of drug-likeness (QED) is 0.419. The van der Waals surface area contributed by atoms with Crippen LogP contribution in [0.15, 0.2) is 66.1 Å². The van der Waals surface area contributed by atoms with Crippen molar-refractivity contribution in [2.45, 2.75) is 11.3 Å². The number of carbonyl (C=O) groups excluding carboxylic acids is 1. The molecule has 0 aromatic heterocycles. The normalized spacial score (nSPS) is 10.5. The summed E-state index contributed by atoms with van der Waals surface area (Å²) in [5.41, 5.74) is 1.28. The zero-order chi connectivity index (χ0) is 20.4. The summed E-state index contributed by atoms with van der Waals surface area (Å²) in [4.78, 5) is 11.4. The maximum atomic E-state index is 12.2. The molecule has 146 valence electrons. The number of esters is 1. The second-order valence-corrected chi connectivity index (χ2v) is 7.35. The number of para-hydroxylation sites is 1. The predicted molar refractivity (Wildman–Crippen MR) is 107 cm³/mol. The number of rotatable bonds is 8. The zero-order valence-corrected chi connectivity index (χ0v) is 16.3. The summed E-state index contributed by atoms with van der Waals surface area (Å²) in [6.45, 7) is 3.80. The summed E-state index contributed by atoms with van der Waals surface area (Å²) < 4.78 is 37.0. The molecule has 0 saturated heterocycles. The van der Waals surface area contributed by atoms with Crippen molar-refractivity contribution >= 4 is 16.0 Å². The van der Waals surface area contributed by atoms with Crippen molar-refractivity contribution in [1.29, 1.82) is 0 Å². The first-order valence-electron chi connectivity index (χ1n) is 8.43. The number of allylic oxidation sites excluding steroid dienone is 1. The van der Waals surface area contributed by atoms with E-state index < -0.39 is 16.0 Å². The van der Waals surface area contributed by atoms with E-state index in [1.807, 2.05) is 24.3 Å². The smallest absolute Gasteiger partial charge is 0.337 e. The van der Waals surface area contributed by atoms with Gasteiger partial charge in [0.15, 0.2) is 0 Å². The van der Waals surface area contributed by atoms with Gasteiger partial charge in [-0.15, -0.1) is 6.58 Å². The Morgan fingerprint density at radius 2 is 1.86 bits per heavy atom. The third kappa shape index (κ3) is 5.98. The van der Waals surface area contributed by atoms with Gasteiger partial charge in [-0.3, -0.25) is 0 Å². The highest BCUT2D eigenvalue weighted by molar-refractivity contribution is 7.89. The monoisotopic (exact) mass is 399 g/mol. The van der Waals surface area contributed by atoms with Crippen LogP contribution in [0.5, 0.6) is 5.75 Å². The molecule has 2 aromatic carbocycles. The highest BCUT2D eigenvalue weighted by Crippen LogP contribution is 2.18. The minimum Gasteiger partial charge on any atom is -0.481 e. The molecular weight excluding hydrogens is 378 g/mol.